The van der Waals surface area contributed by atoms with Gasteiger partial charge in [-0.2, -0.15) is 0 Å². The summed E-state index contributed by atoms with van der Waals surface area (Å²) in [6.07, 6.45) is 2.81. The molecule has 29 heavy (non-hydrogen) atoms. The molecule has 0 heterocycles. The van der Waals surface area contributed by atoms with Crippen molar-refractivity contribution in [2.24, 2.45) is 0 Å². The van der Waals surface area contributed by atoms with Crippen LogP contribution in [0.5, 0.6) is 5.75 Å². The first-order valence-corrected chi connectivity index (χ1v) is 9.40. The molecule has 0 spiro atoms. The highest BCUT2D eigenvalue weighted by Gasteiger charge is 2.12. The van der Waals surface area contributed by atoms with E-state index >= 15 is 0 Å². The van der Waals surface area contributed by atoms with Crippen LogP contribution in [-0.2, 0) is 4.79 Å². The summed E-state index contributed by atoms with van der Waals surface area (Å²) in [5.74, 6) is 0.114. The molecule has 1 amide bonds. The van der Waals surface area contributed by atoms with Crippen LogP contribution in [0.15, 0.2) is 48.5 Å². The number of carbonyl (C=O) groups is 2. The summed E-state index contributed by atoms with van der Waals surface area (Å²) >= 11 is 5.78. The van der Waals surface area contributed by atoms with E-state index in [-0.39, 0.29) is 29.0 Å². The molecule has 0 aliphatic heterocycles. The van der Waals surface area contributed by atoms with Gasteiger partial charge in [0.2, 0.25) is 0 Å². The molecule has 2 aromatic rings. The van der Waals surface area contributed by atoms with Gasteiger partial charge in [0, 0.05) is 24.7 Å². The molecule has 0 aliphatic rings. The second kappa shape index (κ2) is 10.4. The van der Waals surface area contributed by atoms with Crippen LogP contribution in [0.25, 0.3) is 6.08 Å². The number of nitrogens with zero attached hydrogens (tertiary/aromatic N) is 2. The number of halogens is 1. The van der Waals surface area contributed by atoms with Crippen LogP contribution >= 0.6 is 11.6 Å². The Kier molecular flexibility index (Phi) is 7.91. The Morgan fingerprint density at radius 3 is 2.38 bits per heavy atom. The second-order valence-electron chi connectivity index (χ2n) is 6.04. The maximum Gasteiger partial charge on any atom is 0.288 e. The monoisotopic (exact) mass is 416 g/mol. The predicted molar refractivity (Wildman–Crippen MR) is 111 cm³/mol. The summed E-state index contributed by atoms with van der Waals surface area (Å²) in [6, 6.07) is 10.7. The van der Waals surface area contributed by atoms with Gasteiger partial charge in [0.05, 0.1) is 4.92 Å². The van der Waals surface area contributed by atoms with Gasteiger partial charge in [-0.3, -0.25) is 19.7 Å². The summed E-state index contributed by atoms with van der Waals surface area (Å²) in [5.41, 5.74) is 0.693. The summed E-state index contributed by atoms with van der Waals surface area (Å²) in [7, 11) is 0. The molecule has 0 aromatic heterocycles. The van der Waals surface area contributed by atoms with E-state index in [1.54, 1.807) is 35.2 Å². The van der Waals surface area contributed by atoms with Crippen LogP contribution in [0.3, 0.4) is 0 Å². The number of likely N-dealkylation sites (N-methyl/N-ethyl adjacent to an activating group) is 1. The maximum atomic E-state index is 12.3. The zero-order chi connectivity index (χ0) is 21.4. The minimum absolute atomic E-state index is 0.0357. The van der Waals surface area contributed by atoms with Gasteiger partial charge in [-0.25, -0.2) is 0 Å². The van der Waals surface area contributed by atoms with Gasteiger partial charge < -0.3 is 9.64 Å². The number of ether oxygens (including phenoxy) is 1. The number of amides is 1. The lowest BCUT2D eigenvalue weighted by Gasteiger charge is -2.18. The van der Waals surface area contributed by atoms with Gasteiger partial charge in [0.25, 0.3) is 11.6 Å². The fourth-order valence-corrected chi connectivity index (χ4v) is 2.76. The van der Waals surface area contributed by atoms with Crippen molar-refractivity contribution in [2.75, 3.05) is 19.7 Å². The van der Waals surface area contributed by atoms with Crippen molar-refractivity contribution < 1.29 is 19.2 Å². The molecule has 8 heteroatoms. The standard InChI is InChI=1S/C21H21ClN2O5/c1-3-23(4-2)21(26)14-29-17-9-7-16(8-10-17)20(25)12-6-15-5-11-18(22)19(13-15)24(27)28/h5-13H,3-4,14H2,1-2H3/b12-6+. The third-order valence-electron chi connectivity index (χ3n) is 4.21. The zero-order valence-electron chi connectivity index (χ0n) is 16.1. The lowest BCUT2D eigenvalue weighted by atomic mass is 10.1. The van der Waals surface area contributed by atoms with Gasteiger partial charge in [-0.1, -0.05) is 23.7 Å². The normalized spacial score (nSPS) is 10.7. The first-order chi connectivity index (χ1) is 13.8. The number of hydrogen-bond acceptors (Lipinski definition) is 5. The average molecular weight is 417 g/mol. The summed E-state index contributed by atoms with van der Waals surface area (Å²) in [6.45, 7) is 4.98. The van der Waals surface area contributed by atoms with Gasteiger partial charge in [-0.15, -0.1) is 0 Å². The highest BCUT2D eigenvalue weighted by molar-refractivity contribution is 6.32. The van der Waals surface area contributed by atoms with E-state index < -0.39 is 4.92 Å². The number of allylic oxidation sites excluding steroid dienone is 1. The van der Waals surface area contributed by atoms with E-state index in [1.165, 1.54) is 24.3 Å². The van der Waals surface area contributed by atoms with Gasteiger partial charge in [0.15, 0.2) is 12.4 Å². The third kappa shape index (κ3) is 6.15. The van der Waals surface area contributed by atoms with E-state index in [2.05, 4.69) is 0 Å². The smallest absolute Gasteiger partial charge is 0.288 e. The van der Waals surface area contributed by atoms with Crippen molar-refractivity contribution in [3.63, 3.8) is 0 Å². The number of nitro groups is 1. The number of benzene rings is 2. The molecule has 0 fully saturated rings. The molecule has 0 atom stereocenters. The molecule has 0 unspecified atom stereocenters. The van der Waals surface area contributed by atoms with Gasteiger partial charge >= 0.3 is 0 Å². The molecule has 0 saturated heterocycles. The van der Waals surface area contributed by atoms with Crippen LogP contribution in [-0.4, -0.2) is 41.2 Å². The van der Waals surface area contributed by atoms with Crippen LogP contribution in [0.2, 0.25) is 5.02 Å². The molecule has 0 saturated carbocycles. The third-order valence-corrected chi connectivity index (χ3v) is 4.53. The molecule has 7 nitrogen and oxygen atoms in total. The number of carbonyl (C=O) groups excluding carboxylic acids is 2. The average Bonchev–Trinajstić information content (AvgIpc) is 2.72. The molecule has 2 aromatic carbocycles. The fraction of sp³-hybridized carbons (Fsp3) is 0.238. The molecule has 0 radical (unpaired) electrons. The highest BCUT2D eigenvalue weighted by Crippen LogP contribution is 2.25. The summed E-state index contributed by atoms with van der Waals surface area (Å²) in [5, 5.41) is 11.0. The van der Waals surface area contributed by atoms with Crippen molar-refractivity contribution in [3.8, 4) is 5.75 Å². The first-order valence-electron chi connectivity index (χ1n) is 9.02. The largest absolute Gasteiger partial charge is 0.484 e. The van der Waals surface area contributed by atoms with Crippen molar-refractivity contribution in [1.29, 1.82) is 0 Å². The van der Waals surface area contributed by atoms with E-state index in [0.29, 0.717) is 30.0 Å². The number of nitro benzene ring substituents is 1. The number of rotatable bonds is 9. The fourth-order valence-electron chi connectivity index (χ4n) is 2.57. The van der Waals surface area contributed by atoms with Gasteiger partial charge in [-0.05, 0) is 55.8 Å². The molecular weight excluding hydrogens is 396 g/mol. The van der Waals surface area contributed by atoms with Crippen LogP contribution in [0.1, 0.15) is 29.8 Å². The minimum Gasteiger partial charge on any atom is -0.484 e. The van der Waals surface area contributed by atoms with Crippen molar-refractivity contribution in [2.45, 2.75) is 13.8 Å². The van der Waals surface area contributed by atoms with Crippen LogP contribution < -0.4 is 4.74 Å². The summed E-state index contributed by atoms with van der Waals surface area (Å²) < 4.78 is 5.47. The molecule has 152 valence electrons. The quantitative estimate of drug-likeness (QED) is 0.261. The van der Waals surface area contributed by atoms with Crippen LogP contribution in [0, 0.1) is 10.1 Å². The van der Waals surface area contributed by atoms with E-state index in [0.717, 1.165) is 0 Å². The van der Waals surface area contributed by atoms with Crippen LogP contribution in [0.4, 0.5) is 5.69 Å². The predicted octanol–water partition coefficient (Wildman–Crippen LogP) is 4.39. The molecule has 2 rings (SSSR count). The molecule has 0 aliphatic carbocycles. The SMILES string of the molecule is CCN(CC)C(=O)COc1ccc(C(=O)/C=C/c2ccc(Cl)c([N+](=O)[O-])c2)cc1. The Balaban J connectivity index is 2.00. The Labute approximate surface area is 173 Å². The van der Waals surface area contributed by atoms with Gasteiger partial charge in [0.1, 0.15) is 10.8 Å². The van der Waals surface area contributed by atoms with E-state index in [9.17, 15) is 19.7 Å². The lowest BCUT2D eigenvalue weighted by Crippen LogP contribution is -2.34. The zero-order valence-corrected chi connectivity index (χ0v) is 16.9. The van der Waals surface area contributed by atoms with Crippen molar-refractivity contribution in [1.82, 2.24) is 4.90 Å². The Hall–Kier alpha value is -3.19. The maximum absolute atomic E-state index is 12.3. The van der Waals surface area contributed by atoms with E-state index in [1.807, 2.05) is 13.8 Å². The number of ketones is 1. The lowest BCUT2D eigenvalue weighted by molar-refractivity contribution is -0.384. The Morgan fingerprint density at radius 2 is 1.79 bits per heavy atom. The highest BCUT2D eigenvalue weighted by atomic mass is 35.5. The van der Waals surface area contributed by atoms with E-state index in [4.69, 9.17) is 16.3 Å². The molecular formula is C21H21ClN2O5. The Bertz CT molecular complexity index is 921. The number of hydrogen-bond donors (Lipinski definition) is 0. The first kappa shape index (κ1) is 22.1. The van der Waals surface area contributed by atoms with Crippen molar-refractivity contribution >= 4 is 35.1 Å². The topological polar surface area (TPSA) is 89.8 Å². The minimum atomic E-state index is -0.578. The second-order valence-corrected chi connectivity index (χ2v) is 6.45. The molecule has 0 bridgehead atoms. The summed E-state index contributed by atoms with van der Waals surface area (Å²) in [4.78, 5) is 36.3. The van der Waals surface area contributed by atoms with Crippen molar-refractivity contribution in [3.05, 3.63) is 74.8 Å². The Morgan fingerprint density at radius 1 is 1.14 bits per heavy atom. The molecule has 0 N–H and O–H groups in total.